The molecule has 9 amide bonds. The SMILES string of the molecule is Cc1c(C)c(S(=O)(=O)NC(=N)NCCC[C@H](NC(=O)[C@H](CCC(=O)NC(c2ccccc2)(c2ccccc2)c2ccccc2)NC(=O)[C@@H]2CCCN2C(=O)[C@@H](CC(C)C)NC(=O)[C@H](Cc2ccccc2)NC(=O)CNC(=O)[C@@H](C)NC(=O)[C@@H](N)Cc2ccc(OC(C)(C)C)cc2)C(=O)N[C@@H](Cc2ccccc2)C(=O)O)c(C)c2c1OC(C)(C)C2. The number of amides is 9. The van der Waals surface area contributed by atoms with Crippen LogP contribution in [0.1, 0.15) is 156 Å². The van der Waals surface area contributed by atoms with Crippen LogP contribution >= 0.6 is 0 Å². The lowest BCUT2D eigenvalue weighted by Gasteiger charge is -2.37. The molecule has 29 heteroatoms. The molecule has 1 saturated heterocycles. The first-order valence-electron chi connectivity index (χ1n) is 40.3. The monoisotopic (exact) mass is 1650 g/mol. The zero-order chi connectivity index (χ0) is 86.5. The Morgan fingerprint density at radius 1 is 0.588 bits per heavy atom. The highest BCUT2D eigenvalue weighted by Crippen LogP contribution is 2.44. The minimum Gasteiger partial charge on any atom is -0.488 e. The predicted molar refractivity (Wildman–Crippen MR) is 452 cm³/mol. The Hall–Kier alpha value is -12.0. The molecule has 0 saturated carbocycles. The van der Waals surface area contributed by atoms with E-state index in [-0.39, 0.29) is 75.3 Å². The molecule has 28 nitrogen and oxygen atoms in total. The summed E-state index contributed by atoms with van der Waals surface area (Å²) in [6.07, 6.45) is -0.422. The summed E-state index contributed by atoms with van der Waals surface area (Å²) in [4.78, 5) is 146. The molecule has 0 spiro atoms. The van der Waals surface area contributed by atoms with Gasteiger partial charge in [-0.2, -0.15) is 0 Å². The summed E-state index contributed by atoms with van der Waals surface area (Å²) in [6, 6.07) is 41.3. The first kappa shape index (κ1) is 90.9. The number of hydrogen-bond donors (Lipinski definition) is 13. The third-order valence-electron chi connectivity index (χ3n) is 20.9. The lowest BCUT2D eigenvalue weighted by molar-refractivity contribution is -0.143. The highest BCUT2D eigenvalue weighted by atomic mass is 32.2. The molecule has 0 bridgehead atoms. The molecule has 2 aliphatic heterocycles. The molecule has 0 aliphatic carbocycles. The van der Waals surface area contributed by atoms with Gasteiger partial charge in [-0.3, -0.25) is 48.6 Å². The van der Waals surface area contributed by atoms with E-state index in [0.717, 1.165) is 11.1 Å². The molecule has 2 heterocycles. The molecule has 2 aliphatic rings. The van der Waals surface area contributed by atoms with Crippen molar-refractivity contribution in [3.63, 3.8) is 0 Å². The van der Waals surface area contributed by atoms with Crippen molar-refractivity contribution in [2.45, 2.75) is 217 Å². The molecule has 634 valence electrons. The van der Waals surface area contributed by atoms with Crippen molar-refractivity contribution in [3.8, 4) is 11.5 Å². The van der Waals surface area contributed by atoms with Crippen molar-refractivity contribution >= 4 is 75.1 Å². The number of carboxylic acids is 1. The van der Waals surface area contributed by atoms with Crippen LogP contribution in [-0.4, -0.2) is 163 Å². The smallest absolute Gasteiger partial charge is 0.326 e. The Balaban J connectivity index is 0.948. The first-order valence-corrected chi connectivity index (χ1v) is 41.8. The highest BCUT2D eigenvalue weighted by Gasteiger charge is 2.43. The minimum atomic E-state index is -4.39. The Morgan fingerprint density at radius 2 is 1.09 bits per heavy atom. The van der Waals surface area contributed by atoms with Gasteiger partial charge >= 0.3 is 5.97 Å². The van der Waals surface area contributed by atoms with Gasteiger partial charge in [0.25, 0.3) is 10.0 Å². The molecule has 7 aromatic carbocycles. The first-order chi connectivity index (χ1) is 56.4. The number of benzene rings is 7. The average molecular weight is 1650 g/mol. The van der Waals surface area contributed by atoms with Crippen molar-refractivity contribution in [2.75, 3.05) is 19.6 Å². The topological polar surface area (TPSA) is 417 Å². The maximum absolute atomic E-state index is 15.5. The van der Waals surface area contributed by atoms with Gasteiger partial charge in [-0.25, -0.2) is 17.9 Å². The van der Waals surface area contributed by atoms with Crippen molar-refractivity contribution in [2.24, 2.45) is 11.7 Å². The highest BCUT2D eigenvalue weighted by molar-refractivity contribution is 7.90. The summed E-state index contributed by atoms with van der Waals surface area (Å²) in [7, 11) is -4.39. The van der Waals surface area contributed by atoms with E-state index < -0.39 is 160 Å². The molecule has 14 N–H and O–H groups in total. The fourth-order valence-electron chi connectivity index (χ4n) is 15.0. The van der Waals surface area contributed by atoms with E-state index >= 15 is 19.2 Å². The second kappa shape index (κ2) is 40.9. The van der Waals surface area contributed by atoms with Crippen LogP contribution in [0.5, 0.6) is 11.5 Å². The van der Waals surface area contributed by atoms with Gasteiger partial charge in [0.1, 0.15) is 70.5 Å². The van der Waals surface area contributed by atoms with Crippen LogP contribution in [0.2, 0.25) is 0 Å². The Morgan fingerprint density at radius 3 is 1.63 bits per heavy atom. The minimum absolute atomic E-state index is 0.00507. The van der Waals surface area contributed by atoms with Crippen LogP contribution < -0.4 is 67.8 Å². The van der Waals surface area contributed by atoms with Crippen LogP contribution in [0.25, 0.3) is 0 Å². The number of ether oxygens (including phenoxy) is 2. The van der Waals surface area contributed by atoms with Gasteiger partial charge in [0.2, 0.25) is 59.1 Å². The molecule has 0 unspecified atom stereocenters. The van der Waals surface area contributed by atoms with Crippen LogP contribution in [0.4, 0.5) is 0 Å². The Bertz CT molecular complexity index is 4770. The summed E-state index contributed by atoms with van der Waals surface area (Å²) < 4.78 is 42.8. The lowest BCUT2D eigenvalue weighted by Crippen LogP contribution is -2.60. The summed E-state index contributed by atoms with van der Waals surface area (Å²) in [5.74, 6) is -7.92. The maximum Gasteiger partial charge on any atom is 0.326 e. The summed E-state index contributed by atoms with van der Waals surface area (Å²) in [5, 5.41) is 44.2. The lowest BCUT2D eigenvalue weighted by atomic mass is 9.77. The number of carbonyl (C=O) groups is 10. The van der Waals surface area contributed by atoms with Crippen molar-refractivity contribution in [1.82, 2.24) is 57.5 Å². The van der Waals surface area contributed by atoms with Gasteiger partial charge in [-0.05, 0) is 175 Å². The van der Waals surface area contributed by atoms with Gasteiger partial charge in [0.05, 0.1) is 17.5 Å². The van der Waals surface area contributed by atoms with E-state index in [4.69, 9.17) is 20.6 Å². The number of carboxylic acid groups (broad SMARTS) is 1. The normalized spacial score (nSPS) is 15.4. The second-order valence-electron chi connectivity index (χ2n) is 32.6. The van der Waals surface area contributed by atoms with E-state index in [0.29, 0.717) is 62.4 Å². The number of nitrogens with two attached hydrogens (primary N) is 1. The number of hydrogen-bond acceptors (Lipinski definition) is 16. The standard InChI is InChI=1S/C90H113N13O15S/c1-55(2)49-72(99-83(110)71(51-60-29-17-12-18-30-60)96-76(105)54-94-79(106)59(6)95-80(107)68(91)50-62-41-43-66(44-42-62)117-88(7,8)9)85(112)103-48-28-40-74(103)84(111)98-70(45-46-75(104)101-90(63-33-21-14-22-34-63,64-35-23-15-24-36-64)65-37-25-16-26-38-65)82(109)97-69(81(108)100-73(86(113)114)52-61-31-19-13-20-32-61)39-27-47-93-87(92)102-119(115,116)78-57(4)56(3)77-67(58(78)5)53-89(10,11)118-77/h12-26,29-38,41-44,55,59,68-74H,27-28,39-40,45-54,91H2,1-11H3,(H,94,106)(H,95,107)(H,96,105)(H,97,109)(H,98,111)(H,99,110)(H,100,108)(H,101,104)(H,113,114)(H3,92,93,102)/t59-,68+,69+,70+,71+,72-,73+,74+/m1/s1. The van der Waals surface area contributed by atoms with Gasteiger partial charge in [-0.15, -0.1) is 0 Å². The number of guanidine groups is 1. The van der Waals surface area contributed by atoms with E-state index in [1.807, 2.05) is 139 Å². The number of nitrogens with one attached hydrogen (secondary N) is 11. The van der Waals surface area contributed by atoms with Crippen LogP contribution in [0, 0.1) is 32.1 Å². The third kappa shape index (κ3) is 25.0. The second-order valence-corrected chi connectivity index (χ2v) is 34.2. The molecule has 1 fully saturated rings. The van der Waals surface area contributed by atoms with E-state index in [9.17, 15) is 42.3 Å². The van der Waals surface area contributed by atoms with E-state index in [2.05, 4.69) is 52.6 Å². The number of sulfonamides is 1. The predicted octanol–water partition coefficient (Wildman–Crippen LogP) is 7.20. The maximum atomic E-state index is 15.5. The van der Waals surface area contributed by atoms with Crippen molar-refractivity contribution < 1.29 is 70.9 Å². The van der Waals surface area contributed by atoms with Gasteiger partial charge in [0.15, 0.2) is 0 Å². The molecule has 0 radical (unpaired) electrons. The summed E-state index contributed by atoms with van der Waals surface area (Å²) >= 11 is 0. The fraction of sp³-hybridized carbons (Fsp3) is 0.411. The van der Waals surface area contributed by atoms with Gasteiger partial charge < -0.3 is 73.1 Å². The molecule has 9 rings (SSSR count). The number of rotatable bonds is 38. The van der Waals surface area contributed by atoms with E-state index in [1.54, 1.807) is 106 Å². The van der Waals surface area contributed by atoms with Crippen molar-refractivity contribution in [3.05, 3.63) is 232 Å². The number of aliphatic carboxylic acids is 1. The van der Waals surface area contributed by atoms with Crippen LogP contribution in [0.15, 0.2) is 181 Å². The molecule has 8 atom stereocenters. The molecule has 0 aromatic heterocycles. The quantitative estimate of drug-likeness (QED) is 0.00787. The number of likely N-dealkylation sites (tertiary alicyclic amines) is 1. The molecular weight excluding hydrogens is 1540 g/mol. The number of fused-ring (bicyclic) bond motifs is 1. The summed E-state index contributed by atoms with van der Waals surface area (Å²) in [5.41, 5.74) is 10.2. The van der Waals surface area contributed by atoms with Crippen LogP contribution in [-0.2, 0) is 89.2 Å². The van der Waals surface area contributed by atoms with Crippen molar-refractivity contribution in [1.29, 1.82) is 5.41 Å². The van der Waals surface area contributed by atoms with Crippen LogP contribution in [0.3, 0.4) is 0 Å². The zero-order valence-corrected chi connectivity index (χ0v) is 70.3. The van der Waals surface area contributed by atoms with E-state index in [1.165, 1.54) is 11.8 Å². The van der Waals surface area contributed by atoms with Gasteiger partial charge in [-0.1, -0.05) is 178 Å². The third-order valence-corrected chi connectivity index (χ3v) is 22.6. The number of nitrogens with zero attached hydrogens (tertiary/aromatic N) is 1. The Kier molecular flexibility index (Phi) is 31.3. The van der Waals surface area contributed by atoms with Gasteiger partial charge in [0, 0.05) is 44.3 Å². The average Bonchev–Trinajstić information content (AvgIpc) is 1.67. The fourth-order valence-corrected chi connectivity index (χ4v) is 16.5. The molecule has 7 aromatic rings. The zero-order valence-electron chi connectivity index (χ0n) is 69.4. The summed E-state index contributed by atoms with van der Waals surface area (Å²) in [6.45, 7) is 19.0. The number of carbonyl (C=O) groups excluding carboxylic acids is 9. The largest absolute Gasteiger partial charge is 0.488 e. The Labute approximate surface area is 696 Å². The molecule has 119 heavy (non-hydrogen) atoms. The molecular formula is C90H113N13O15S.